The molecule has 0 radical (unpaired) electrons. The fourth-order valence-electron chi connectivity index (χ4n) is 1.21. The fraction of sp³-hybridized carbons (Fsp3) is 0.778. The van der Waals surface area contributed by atoms with Crippen LogP contribution in [0.25, 0.3) is 0 Å². The van der Waals surface area contributed by atoms with E-state index < -0.39 is 22.9 Å². The summed E-state index contributed by atoms with van der Waals surface area (Å²) in [5, 5.41) is 0. The molecule has 7 heteroatoms. The zero-order chi connectivity index (χ0) is 12.0. The van der Waals surface area contributed by atoms with Crippen molar-refractivity contribution in [3.8, 4) is 0 Å². The lowest BCUT2D eigenvalue weighted by Crippen LogP contribution is -2.29. The van der Waals surface area contributed by atoms with Gasteiger partial charge in [-0.1, -0.05) is 4.47 Å². The first-order chi connectivity index (χ1) is 7.65. The number of hydrogen-bond acceptors (Lipinski definition) is 5. The van der Waals surface area contributed by atoms with Gasteiger partial charge in [0.1, 0.15) is 0 Å². The van der Waals surface area contributed by atoms with Crippen molar-refractivity contribution in [2.75, 3.05) is 19.5 Å². The van der Waals surface area contributed by atoms with Gasteiger partial charge < -0.3 is 9.57 Å². The maximum absolute atomic E-state index is 11.3. The van der Waals surface area contributed by atoms with Gasteiger partial charge in [0.05, 0.1) is 5.75 Å². The maximum atomic E-state index is 11.3. The van der Waals surface area contributed by atoms with Gasteiger partial charge in [-0.2, -0.15) is 0 Å². The summed E-state index contributed by atoms with van der Waals surface area (Å²) in [6.07, 6.45) is 1.75. The first-order valence-corrected chi connectivity index (χ1v) is 6.34. The predicted molar refractivity (Wildman–Crippen MR) is 56.3 cm³/mol. The number of carbonyl (C=O) groups excluding carboxylic acids is 2. The number of rotatable bonds is 6. The van der Waals surface area contributed by atoms with Crippen LogP contribution in [0, 0.1) is 0 Å². The molecule has 0 aromatic carbocycles. The molecule has 0 aliphatic carbocycles. The number of methoxy groups -OCH3 is 1. The molecule has 1 heterocycles. The first kappa shape index (κ1) is 13.1. The Morgan fingerprint density at radius 2 is 2.25 bits per heavy atom. The predicted octanol–water partition coefficient (Wildman–Crippen LogP) is 0.157. The molecule has 1 atom stereocenters. The van der Waals surface area contributed by atoms with Crippen LogP contribution >= 0.6 is 0 Å². The highest BCUT2D eigenvalue weighted by molar-refractivity contribution is 7.83. The van der Waals surface area contributed by atoms with Crippen LogP contribution in [0.15, 0.2) is 0 Å². The molecule has 6 nitrogen and oxygen atoms in total. The van der Waals surface area contributed by atoms with Crippen LogP contribution in [0.5, 0.6) is 0 Å². The zero-order valence-corrected chi connectivity index (χ0v) is 9.96. The normalized spacial score (nSPS) is 20.2. The third kappa shape index (κ3) is 3.90. The molecular formula is C9H15NO5S. The van der Waals surface area contributed by atoms with Crippen molar-refractivity contribution in [3.05, 3.63) is 0 Å². The van der Waals surface area contributed by atoms with Gasteiger partial charge >= 0.3 is 5.97 Å². The van der Waals surface area contributed by atoms with E-state index >= 15 is 0 Å². The molecule has 0 aromatic rings. The van der Waals surface area contributed by atoms with E-state index in [4.69, 9.17) is 9.57 Å². The van der Waals surface area contributed by atoms with Crippen LogP contribution in [0.4, 0.5) is 0 Å². The monoisotopic (exact) mass is 249 g/mol. The Morgan fingerprint density at radius 1 is 1.50 bits per heavy atom. The molecular weight excluding hydrogens is 234 g/mol. The Morgan fingerprint density at radius 3 is 2.81 bits per heavy atom. The Labute approximate surface area is 96.4 Å². The number of carbonyl (C=O) groups is 2. The summed E-state index contributed by atoms with van der Waals surface area (Å²) in [5.74, 6) is -0.696. The second-order valence-corrected chi connectivity index (χ2v) is 4.72. The molecule has 1 fully saturated rings. The molecule has 0 spiro atoms. The van der Waals surface area contributed by atoms with Crippen LogP contribution in [0.2, 0.25) is 0 Å². The average molecular weight is 249 g/mol. The SMILES string of the molecule is COCCCCC(=O)ON1C(=O)CCS1=O. The average Bonchev–Trinajstić information content (AvgIpc) is 2.56. The van der Waals surface area contributed by atoms with Crippen LogP contribution in [0.1, 0.15) is 25.7 Å². The first-order valence-electron chi connectivity index (χ1n) is 5.06. The van der Waals surface area contributed by atoms with Crippen molar-refractivity contribution in [2.24, 2.45) is 0 Å². The molecule has 1 rings (SSSR count). The van der Waals surface area contributed by atoms with Crippen molar-refractivity contribution in [3.63, 3.8) is 0 Å². The minimum absolute atomic E-state index is 0.170. The van der Waals surface area contributed by atoms with Gasteiger partial charge in [-0.15, -0.1) is 0 Å². The number of hydroxylamine groups is 1. The third-order valence-electron chi connectivity index (χ3n) is 2.04. The van der Waals surface area contributed by atoms with E-state index in [1.807, 2.05) is 0 Å². The van der Waals surface area contributed by atoms with E-state index in [1.165, 1.54) is 0 Å². The van der Waals surface area contributed by atoms with E-state index in [1.54, 1.807) is 7.11 Å². The Hall–Kier alpha value is -0.950. The molecule has 16 heavy (non-hydrogen) atoms. The second-order valence-electron chi connectivity index (χ2n) is 3.34. The van der Waals surface area contributed by atoms with E-state index in [-0.39, 0.29) is 18.6 Å². The van der Waals surface area contributed by atoms with Crippen molar-refractivity contribution < 1.29 is 23.4 Å². The van der Waals surface area contributed by atoms with Crippen molar-refractivity contribution in [1.82, 2.24) is 4.47 Å². The zero-order valence-electron chi connectivity index (χ0n) is 9.14. The molecule has 0 bridgehead atoms. The highest BCUT2D eigenvalue weighted by Gasteiger charge is 2.31. The minimum atomic E-state index is -1.50. The Bertz CT molecular complexity index is 278. The quantitative estimate of drug-likeness (QED) is 0.627. The number of ether oxygens (including phenoxy) is 1. The van der Waals surface area contributed by atoms with Gasteiger partial charge in [-0.3, -0.25) is 4.79 Å². The van der Waals surface area contributed by atoms with Crippen LogP contribution in [0.3, 0.4) is 0 Å². The molecule has 1 aliphatic rings. The lowest BCUT2D eigenvalue weighted by molar-refractivity contribution is -0.176. The third-order valence-corrected chi connectivity index (χ3v) is 3.24. The van der Waals surface area contributed by atoms with Gasteiger partial charge in [-0.25, -0.2) is 9.00 Å². The molecule has 1 unspecified atom stereocenters. The second kappa shape index (κ2) is 6.59. The lowest BCUT2D eigenvalue weighted by Gasteiger charge is -2.12. The summed E-state index contributed by atoms with van der Waals surface area (Å²) in [7, 11) is 0.0835. The van der Waals surface area contributed by atoms with Crippen molar-refractivity contribution >= 4 is 22.9 Å². The van der Waals surface area contributed by atoms with Crippen LogP contribution < -0.4 is 0 Å². The number of amides is 1. The van der Waals surface area contributed by atoms with E-state index in [0.717, 1.165) is 6.42 Å². The van der Waals surface area contributed by atoms with Crippen molar-refractivity contribution in [2.45, 2.75) is 25.7 Å². The van der Waals surface area contributed by atoms with E-state index in [0.29, 0.717) is 17.5 Å². The maximum Gasteiger partial charge on any atom is 0.333 e. The van der Waals surface area contributed by atoms with Crippen LogP contribution in [-0.2, 0) is 30.1 Å². The molecule has 0 aromatic heterocycles. The summed E-state index contributed by atoms with van der Waals surface area (Å²) >= 11 is 0. The minimum Gasteiger partial charge on any atom is -0.385 e. The topological polar surface area (TPSA) is 72.9 Å². The summed E-state index contributed by atoms with van der Waals surface area (Å²) in [5.41, 5.74) is 0. The van der Waals surface area contributed by atoms with E-state index in [2.05, 4.69) is 0 Å². The van der Waals surface area contributed by atoms with Gasteiger partial charge in [0.25, 0.3) is 5.91 Å². The summed E-state index contributed by atoms with van der Waals surface area (Å²) in [6.45, 7) is 0.585. The van der Waals surface area contributed by atoms with Gasteiger partial charge in [-0.05, 0) is 12.8 Å². The Kier molecular flexibility index (Phi) is 5.41. The summed E-state index contributed by atoms with van der Waals surface area (Å²) in [4.78, 5) is 27.1. The standard InChI is InChI=1S/C9H15NO5S/c1-14-6-3-2-4-9(12)15-10-8(11)5-7-16(10)13/h2-7H2,1H3. The van der Waals surface area contributed by atoms with Gasteiger partial charge in [0.2, 0.25) is 0 Å². The fourth-order valence-corrected chi connectivity index (χ4v) is 2.21. The number of unbranched alkanes of at least 4 members (excludes halogenated alkanes) is 1. The van der Waals surface area contributed by atoms with Gasteiger partial charge in [0.15, 0.2) is 11.0 Å². The molecule has 1 aliphatic heterocycles. The number of hydrogen-bond donors (Lipinski definition) is 0. The smallest absolute Gasteiger partial charge is 0.333 e. The van der Waals surface area contributed by atoms with Crippen molar-refractivity contribution in [1.29, 1.82) is 0 Å². The molecule has 1 saturated heterocycles. The summed E-state index contributed by atoms with van der Waals surface area (Å²) in [6, 6.07) is 0. The van der Waals surface area contributed by atoms with Crippen LogP contribution in [-0.4, -0.2) is 40.0 Å². The lowest BCUT2D eigenvalue weighted by atomic mass is 10.2. The largest absolute Gasteiger partial charge is 0.385 e. The highest BCUT2D eigenvalue weighted by atomic mass is 32.2. The number of nitrogens with zero attached hydrogens (tertiary/aromatic N) is 1. The molecule has 0 N–H and O–H groups in total. The highest BCUT2D eigenvalue weighted by Crippen LogP contribution is 2.12. The van der Waals surface area contributed by atoms with Gasteiger partial charge in [0, 0.05) is 26.6 Å². The van der Waals surface area contributed by atoms with E-state index in [9.17, 15) is 13.8 Å². The molecule has 92 valence electrons. The Balaban J connectivity index is 2.23. The summed E-state index contributed by atoms with van der Waals surface area (Å²) < 4.78 is 16.7. The molecule has 1 amide bonds. The molecule has 0 saturated carbocycles.